The summed E-state index contributed by atoms with van der Waals surface area (Å²) in [5.74, 6) is 0.346. The van der Waals surface area contributed by atoms with Gasteiger partial charge in [-0.05, 0) is 43.5 Å². The quantitative estimate of drug-likeness (QED) is 0.655. The Labute approximate surface area is 135 Å². The number of hydrogen-bond acceptors (Lipinski definition) is 5. The number of anilines is 1. The number of carbonyl (C=O) groups excluding carboxylic acids is 1. The smallest absolute Gasteiger partial charge is 0.315 e. The maximum atomic E-state index is 11.9. The van der Waals surface area contributed by atoms with Gasteiger partial charge in [-0.25, -0.2) is 4.98 Å². The third-order valence-corrected chi connectivity index (χ3v) is 4.04. The molecule has 23 heavy (non-hydrogen) atoms. The largest absolute Gasteiger partial charge is 0.476 e. The Balaban J connectivity index is 1.62. The normalized spacial score (nSPS) is 15.0. The predicted molar refractivity (Wildman–Crippen MR) is 87.9 cm³/mol. The van der Waals surface area contributed by atoms with Gasteiger partial charge < -0.3 is 15.2 Å². The van der Waals surface area contributed by atoms with Crippen LogP contribution in [0.1, 0.15) is 19.8 Å². The molecule has 1 aromatic heterocycles. The van der Waals surface area contributed by atoms with Gasteiger partial charge in [0.05, 0.1) is 6.61 Å². The van der Waals surface area contributed by atoms with Crippen molar-refractivity contribution >= 4 is 11.7 Å². The molecule has 1 aliphatic rings. The zero-order chi connectivity index (χ0) is 16.3. The molecule has 2 N–H and O–H groups in total. The molecule has 0 atom stereocenters. The average Bonchev–Trinajstić information content (AvgIpc) is 3.36. The molecule has 0 amide bonds. The van der Waals surface area contributed by atoms with Crippen molar-refractivity contribution in [3.63, 3.8) is 0 Å². The van der Waals surface area contributed by atoms with Crippen molar-refractivity contribution in [1.82, 2.24) is 4.98 Å². The summed E-state index contributed by atoms with van der Waals surface area (Å²) in [4.78, 5) is 16.2. The molecule has 1 aliphatic carbocycles. The highest BCUT2D eigenvalue weighted by Gasteiger charge is 2.52. The fourth-order valence-corrected chi connectivity index (χ4v) is 2.37. The summed E-state index contributed by atoms with van der Waals surface area (Å²) in [6.45, 7) is 2.53. The fourth-order valence-electron chi connectivity index (χ4n) is 2.37. The van der Waals surface area contributed by atoms with Gasteiger partial charge in [-0.15, -0.1) is 0 Å². The van der Waals surface area contributed by atoms with Crippen molar-refractivity contribution in [3.05, 3.63) is 42.6 Å². The summed E-state index contributed by atoms with van der Waals surface area (Å²) < 4.78 is 10.8. The lowest BCUT2D eigenvalue weighted by Gasteiger charge is -2.14. The summed E-state index contributed by atoms with van der Waals surface area (Å²) in [5.41, 5.74) is 7.99. The second-order valence-corrected chi connectivity index (χ2v) is 5.80. The minimum absolute atomic E-state index is 0.168. The Morgan fingerprint density at radius 3 is 2.43 bits per heavy atom. The van der Waals surface area contributed by atoms with Gasteiger partial charge in [0.1, 0.15) is 12.0 Å². The van der Waals surface area contributed by atoms with Crippen molar-refractivity contribution in [3.8, 4) is 17.0 Å². The molecule has 5 nitrogen and oxygen atoms in total. The Morgan fingerprint density at radius 2 is 1.87 bits per heavy atom. The van der Waals surface area contributed by atoms with Gasteiger partial charge in [0, 0.05) is 23.5 Å². The molecule has 0 bridgehead atoms. The molecule has 0 saturated heterocycles. The van der Waals surface area contributed by atoms with Crippen LogP contribution in [0.25, 0.3) is 11.1 Å². The summed E-state index contributed by atoms with van der Waals surface area (Å²) in [6.07, 6.45) is 3.38. The third kappa shape index (κ3) is 3.44. The van der Waals surface area contributed by atoms with E-state index in [0.29, 0.717) is 19.1 Å². The van der Waals surface area contributed by atoms with Gasteiger partial charge in [0.15, 0.2) is 0 Å². The summed E-state index contributed by atoms with van der Waals surface area (Å²) in [7, 11) is 0. The van der Waals surface area contributed by atoms with Gasteiger partial charge in [-0.1, -0.05) is 12.1 Å². The Bertz CT molecular complexity index is 676. The van der Waals surface area contributed by atoms with Crippen LogP contribution in [-0.4, -0.2) is 24.2 Å². The highest BCUT2D eigenvalue weighted by molar-refractivity contribution is 5.80. The molecule has 0 radical (unpaired) electrons. The minimum atomic E-state index is -0.465. The zero-order valence-electron chi connectivity index (χ0n) is 13.1. The van der Waals surface area contributed by atoms with Crippen molar-refractivity contribution in [1.29, 1.82) is 0 Å². The van der Waals surface area contributed by atoms with Gasteiger partial charge in [0.2, 0.25) is 5.88 Å². The number of benzene rings is 1. The molecule has 1 heterocycles. The first-order valence-corrected chi connectivity index (χ1v) is 7.75. The molecule has 1 aromatic carbocycles. The SMILES string of the molecule is CCOC(=O)C1(COc2ccc(-c3ccc(N)cc3)cn2)CC1. The van der Waals surface area contributed by atoms with Crippen molar-refractivity contribution in [2.24, 2.45) is 5.41 Å². The Kier molecular flexibility index (Phi) is 4.19. The van der Waals surface area contributed by atoms with Crippen LogP contribution in [0.4, 0.5) is 5.69 Å². The van der Waals surface area contributed by atoms with Crippen LogP contribution in [0, 0.1) is 5.41 Å². The number of ether oxygens (including phenoxy) is 2. The molecule has 0 unspecified atom stereocenters. The highest BCUT2D eigenvalue weighted by Crippen LogP contribution is 2.47. The van der Waals surface area contributed by atoms with Crippen LogP contribution in [0.2, 0.25) is 0 Å². The van der Waals surface area contributed by atoms with E-state index in [1.165, 1.54) is 0 Å². The number of aromatic nitrogens is 1. The molecular formula is C18H20N2O3. The van der Waals surface area contributed by atoms with E-state index in [0.717, 1.165) is 29.7 Å². The number of rotatable bonds is 6. The monoisotopic (exact) mass is 312 g/mol. The number of hydrogen-bond donors (Lipinski definition) is 1. The lowest BCUT2D eigenvalue weighted by Crippen LogP contribution is -2.25. The predicted octanol–water partition coefficient (Wildman–Crippen LogP) is 3.05. The Hall–Kier alpha value is -2.56. The molecule has 2 aromatic rings. The van der Waals surface area contributed by atoms with Crippen LogP contribution < -0.4 is 10.5 Å². The van der Waals surface area contributed by atoms with E-state index in [1.54, 1.807) is 6.20 Å². The Morgan fingerprint density at radius 1 is 1.17 bits per heavy atom. The van der Waals surface area contributed by atoms with Crippen LogP contribution in [0.15, 0.2) is 42.6 Å². The van der Waals surface area contributed by atoms with Crippen LogP contribution in [0.5, 0.6) is 5.88 Å². The van der Waals surface area contributed by atoms with Crippen LogP contribution in [0.3, 0.4) is 0 Å². The lowest BCUT2D eigenvalue weighted by molar-refractivity contribution is -0.150. The first kappa shape index (κ1) is 15.3. The molecule has 5 heteroatoms. The van der Waals surface area contributed by atoms with Gasteiger partial charge in [-0.2, -0.15) is 0 Å². The molecule has 1 fully saturated rings. The molecule has 1 saturated carbocycles. The molecule has 0 spiro atoms. The molecule has 3 rings (SSSR count). The minimum Gasteiger partial charge on any atom is -0.476 e. The average molecular weight is 312 g/mol. The number of nitrogen functional groups attached to an aromatic ring is 1. The molecule has 0 aliphatic heterocycles. The van der Waals surface area contributed by atoms with Crippen LogP contribution >= 0.6 is 0 Å². The molecule has 120 valence electrons. The maximum Gasteiger partial charge on any atom is 0.315 e. The lowest BCUT2D eigenvalue weighted by atomic mass is 10.1. The first-order chi connectivity index (χ1) is 11.1. The van der Waals surface area contributed by atoms with Gasteiger partial charge in [0.25, 0.3) is 0 Å². The second kappa shape index (κ2) is 6.28. The second-order valence-electron chi connectivity index (χ2n) is 5.80. The van der Waals surface area contributed by atoms with Crippen molar-refractivity contribution in [2.75, 3.05) is 18.9 Å². The molecular weight excluding hydrogens is 292 g/mol. The maximum absolute atomic E-state index is 11.9. The van der Waals surface area contributed by atoms with E-state index < -0.39 is 5.41 Å². The van der Waals surface area contributed by atoms with Gasteiger partial charge >= 0.3 is 5.97 Å². The topological polar surface area (TPSA) is 74.4 Å². The van der Waals surface area contributed by atoms with E-state index >= 15 is 0 Å². The first-order valence-electron chi connectivity index (χ1n) is 7.75. The number of nitrogens with two attached hydrogens (primary N) is 1. The highest BCUT2D eigenvalue weighted by atomic mass is 16.5. The summed E-state index contributed by atoms with van der Waals surface area (Å²) in [5, 5.41) is 0. The number of esters is 1. The van der Waals surface area contributed by atoms with E-state index in [4.69, 9.17) is 15.2 Å². The number of carbonyl (C=O) groups is 1. The van der Waals surface area contributed by atoms with Crippen LogP contribution in [-0.2, 0) is 9.53 Å². The van der Waals surface area contributed by atoms with E-state index in [1.807, 2.05) is 43.3 Å². The van der Waals surface area contributed by atoms with Gasteiger partial charge in [-0.3, -0.25) is 4.79 Å². The summed E-state index contributed by atoms with van der Waals surface area (Å²) >= 11 is 0. The third-order valence-electron chi connectivity index (χ3n) is 4.04. The number of nitrogens with zero attached hydrogens (tertiary/aromatic N) is 1. The van der Waals surface area contributed by atoms with Crippen molar-refractivity contribution < 1.29 is 14.3 Å². The fraction of sp³-hybridized carbons (Fsp3) is 0.333. The van der Waals surface area contributed by atoms with E-state index in [9.17, 15) is 4.79 Å². The van der Waals surface area contributed by atoms with E-state index in [2.05, 4.69) is 4.98 Å². The standard InChI is InChI=1S/C18H20N2O3/c1-2-22-17(21)18(9-10-18)12-23-16-8-5-14(11-20-16)13-3-6-15(19)7-4-13/h3-8,11H,2,9-10,12,19H2,1H3. The number of pyridine rings is 1. The zero-order valence-corrected chi connectivity index (χ0v) is 13.1. The summed E-state index contributed by atoms with van der Waals surface area (Å²) in [6, 6.07) is 11.4. The van der Waals surface area contributed by atoms with E-state index in [-0.39, 0.29) is 5.97 Å². The van der Waals surface area contributed by atoms with Crippen molar-refractivity contribution in [2.45, 2.75) is 19.8 Å².